The zero-order chi connectivity index (χ0) is 18.4. The highest BCUT2D eigenvalue weighted by Gasteiger charge is 2.21. The molecule has 1 aliphatic rings. The lowest BCUT2D eigenvalue weighted by atomic mass is 10.2. The Morgan fingerprint density at radius 1 is 1.04 bits per heavy atom. The van der Waals surface area contributed by atoms with Crippen LogP contribution in [0, 0.1) is 0 Å². The summed E-state index contributed by atoms with van der Waals surface area (Å²) in [5.74, 6) is 1.57. The first-order valence-electron chi connectivity index (χ1n) is 8.90. The Balaban J connectivity index is 1.74. The van der Waals surface area contributed by atoms with Gasteiger partial charge in [-0.3, -0.25) is 4.79 Å². The second kappa shape index (κ2) is 8.81. The predicted molar refractivity (Wildman–Crippen MR) is 107 cm³/mol. The standard InChI is InChI=1S/C21H23NO3S/c1-3-5-12-25-16-8-6-15(7-9-16)13-20-21(23)22-18-11-10-17(24-4-2)14-19(18)26-20/h6-11,13-14H,3-5,12H2,1-2H3,(H,22,23). The SMILES string of the molecule is CCCCOc1ccc(C=C2Sc3cc(OCC)ccc3NC2=O)cc1. The number of hydrogen-bond donors (Lipinski definition) is 1. The first kappa shape index (κ1) is 18.4. The third kappa shape index (κ3) is 4.61. The highest BCUT2D eigenvalue weighted by molar-refractivity contribution is 8.04. The lowest BCUT2D eigenvalue weighted by Gasteiger charge is -2.19. The fraction of sp³-hybridized carbons (Fsp3) is 0.286. The minimum Gasteiger partial charge on any atom is -0.494 e. The minimum atomic E-state index is -0.0880. The number of hydrogen-bond acceptors (Lipinski definition) is 4. The van der Waals surface area contributed by atoms with Gasteiger partial charge in [0.05, 0.1) is 23.8 Å². The molecular weight excluding hydrogens is 346 g/mol. The summed E-state index contributed by atoms with van der Waals surface area (Å²) in [5, 5.41) is 2.94. The van der Waals surface area contributed by atoms with Crippen LogP contribution < -0.4 is 14.8 Å². The Bertz CT molecular complexity index is 799. The van der Waals surface area contributed by atoms with Crippen molar-refractivity contribution in [1.82, 2.24) is 0 Å². The second-order valence-corrected chi connectivity index (χ2v) is 7.01. The first-order valence-corrected chi connectivity index (χ1v) is 9.72. The van der Waals surface area contributed by atoms with Crippen molar-refractivity contribution in [3.63, 3.8) is 0 Å². The van der Waals surface area contributed by atoms with E-state index in [0.29, 0.717) is 11.5 Å². The Hall–Kier alpha value is -2.40. The van der Waals surface area contributed by atoms with Crippen LogP contribution in [0.5, 0.6) is 11.5 Å². The fourth-order valence-electron chi connectivity index (χ4n) is 2.54. The Morgan fingerprint density at radius 3 is 2.54 bits per heavy atom. The summed E-state index contributed by atoms with van der Waals surface area (Å²) in [7, 11) is 0. The molecule has 26 heavy (non-hydrogen) atoms. The van der Waals surface area contributed by atoms with Crippen LogP contribution in [0.15, 0.2) is 52.3 Å². The van der Waals surface area contributed by atoms with E-state index in [0.717, 1.165) is 47.1 Å². The maximum Gasteiger partial charge on any atom is 0.262 e. The van der Waals surface area contributed by atoms with Gasteiger partial charge in [-0.25, -0.2) is 0 Å². The topological polar surface area (TPSA) is 47.6 Å². The number of anilines is 1. The van der Waals surface area contributed by atoms with Crippen molar-refractivity contribution in [2.24, 2.45) is 0 Å². The molecule has 0 unspecified atom stereocenters. The lowest BCUT2D eigenvalue weighted by Crippen LogP contribution is -2.17. The van der Waals surface area contributed by atoms with Gasteiger partial charge in [-0.2, -0.15) is 0 Å². The van der Waals surface area contributed by atoms with Gasteiger partial charge in [0.1, 0.15) is 11.5 Å². The maximum absolute atomic E-state index is 12.4. The number of unbranched alkanes of at least 4 members (excludes halogenated alkanes) is 1. The van der Waals surface area contributed by atoms with Gasteiger partial charge < -0.3 is 14.8 Å². The monoisotopic (exact) mass is 369 g/mol. The summed E-state index contributed by atoms with van der Waals surface area (Å²) in [6.45, 7) is 5.44. The maximum atomic E-state index is 12.4. The molecular formula is C21H23NO3S. The molecule has 0 spiro atoms. The molecule has 0 aromatic heterocycles. The van der Waals surface area contributed by atoms with Crippen LogP contribution in [0.3, 0.4) is 0 Å². The van der Waals surface area contributed by atoms with Crippen LogP contribution in [0.2, 0.25) is 0 Å². The van der Waals surface area contributed by atoms with E-state index >= 15 is 0 Å². The first-order chi connectivity index (χ1) is 12.7. The van der Waals surface area contributed by atoms with Crippen molar-refractivity contribution in [1.29, 1.82) is 0 Å². The Morgan fingerprint density at radius 2 is 1.81 bits per heavy atom. The van der Waals surface area contributed by atoms with Gasteiger partial charge in [0.15, 0.2) is 0 Å². The number of rotatable bonds is 7. The summed E-state index contributed by atoms with van der Waals surface area (Å²) >= 11 is 1.46. The van der Waals surface area contributed by atoms with Crippen molar-refractivity contribution in [2.75, 3.05) is 18.5 Å². The number of carbonyl (C=O) groups is 1. The summed E-state index contributed by atoms with van der Waals surface area (Å²) < 4.78 is 11.2. The van der Waals surface area contributed by atoms with E-state index in [-0.39, 0.29) is 5.91 Å². The quantitative estimate of drug-likeness (QED) is 0.528. The molecule has 0 saturated carbocycles. The van der Waals surface area contributed by atoms with Crippen LogP contribution in [-0.4, -0.2) is 19.1 Å². The van der Waals surface area contributed by atoms with Crippen LogP contribution in [-0.2, 0) is 4.79 Å². The molecule has 0 radical (unpaired) electrons. The van der Waals surface area contributed by atoms with Gasteiger partial charge in [-0.1, -0.05) is 37.2 Å². The van der Waals surface area contributed by atoms with Crippen molar-refractivity contribution >= 4 is 29.4 Å². The number of thioether (sulfide) groups is 1. The molecule has 0 fully saturated rings. The van der Waals surface area contributed by atoms with E-state index in [1.807, 2.05) is 55.5 Å². The molecule has 0 atom stereocenters. The minimum absolute atomic E-state index is 0.0880. The lowest BCUT2D eigenvalue weighted by molar-refractivity contribution is -0.112. The summed E-state index contributed by atoms with van der Waals surface area (Å²) in [6.07, 6.45) is 4.06. The van der Waals surface area contributed by atoms with Gasteiger partial charge in [-0.05, 0) is 55.3 Å². The third-order valence-electron chi connectivity index (χ3n) is 3.90. The fourth-order valence-corrected chi connectivity index (χ4v) is 3.52. The van der Waals surface area contributed by atoms with Gasteiger partial charge in [0.25, 0.3) is 5.91 Å². The molecule has 3 rings (SSSR count). The van der Waals surface area contributed by atoms with Crippen LogP contribution in [0.1, 0.15) is 32.3 Å². The number of benzene rings is 2. The average molecular weight is 369 g/mol. The van der Waals surface area contributed by atoms with Crippen LogP contribution in [0.25, 0.3) is 6.08 Å². The number of nitrogens with one attached hydrogen (secondary N) is 1. The molecule has 0 aliphatic carbocycles. The Kier molecular flexibility index (Phi) is 6.23. The van der Waals surface area contributed by atoms with E-state index in [1.54, 1.807) is 0 Å². The van der Waals surface area contributed by atoms with Gasteiger partial charge in [0.2, 0.25) is 0 Å². The van der Waals surface area contributed by atoms with Crippen molar-refractivity contribution in [3.8, 4) is 11.5 Å². The molecule has 2 aromatic carbocycles. The molecule has 0 bridgehead atoms. The van der Waals surface area contributed by atoms with Crippen molar-refractivity contribution < 1.29 is 14.3 Å². The molecule has 1 amide bonds. The summed E-state index contributed by atoms with van der Waals surface area (Å²) in [5.41, 5.74) is 1.79. The largest absolute Gasteiger partial charge is 0.494 e. The molecule has 0 saturated heterocycles. The van der Waals surface area contributed by atoms with Gasteiger partial charge in [0, 0.05) is 4.90 Å². The molecule has 5 heteroatoms. The van der Waals surface area contributed by atoms with Crippen LogP contribution >= 0.6 is 11.8 Å². The van der Waals surface area contributed by atoms with E-state index in [4.69, 9.17) is 9.47 Å². The number of amides is 1. The highest BCUT2D eigenvalue weighted by Crippen LogP contribution is 2.40. The highest BCUT2D eigenvalue weighted by atomic mass is 32.2. The smallest absolute Gasteiger partial charge is 0.262 e. The molecule has 136 valence electrons. The summed E-state index contributed by atoms with van der Waals surface area (Å²) in [6, 6.07) is 13.5. The van der Waals surface area contributed by atoms with E-state index in [1.165, 1.54) is 11.8 Å². The van der Waals surface area contributed by atoms with Gasteiger partial charge >= 0.3 is 0 Å². The van der Waals surface area contributed by atoms with Gasteiger partial charge in [-0.15, -0.1) is 0 Å². The van der Waals surface area contributed by atoms with E-state index < -0.39 is 0 Å². The normalized spacial score (nSPS) is 14.7. The number of ether oxygens (including phenoxy) is 2. The second-order valence-electron chi connectivity index (χ2n) is 5.93. The van der Waals surface area contributed by atoms with Crippen LogP contribution in [0.4, 0.5) is 5.69 Å². The zero-order valence-electron chi connectivity index (χ0n) is 15.1. The third-order valence-corrected chi connectivity index (χ3v) is 4.98. The van der Waals surface area contributed by atoms with Crippen molar-refractivity contribution in [3.05, 3.63) is 52.9 Å². The van der Waals surface area contributed by atoms with E-state index in [2.05, 4.69) is 12.2 Å². The predicted octanol–water partition coefficient (Wildman–Crippen LogP) is 5.35. The van der Waals surface area contributed by atoms with E-state index in [9.17, 15) is 4.79 Å². The zero-order valence-corrected chi connectivity index (χ0v) is 15.9. The average Bonchev–Trinajstić information content (AvgIpc) is 2.64. The molecule has 2 aromatic rings. The number of fused-ring (bicyclic) bond motifs is 1. The molecule has 1 N–H and O–H groups in total. The molecule has 4 nitrogen and oxygen atoms in total. The molecule has 1 heterocycles. The summed E-state index contributed by atoms with van der Waals surface area (Å²) in [4.78, 5) is 14.0. The Labute approximate surface area is 158 Å². The molecule has 1 aliphatic heterocycles. The number of carbonyl (C=O) groups excluding carboxylic acids is 1. The van der Waals surface area contributed by atoms with Crippen molar-refractivity contribution in [2.45, 2.75) is 31.6 Å².